The minimum Gasteiger partial charge on any atom is -0.497 e. The number of ether oxygens (including phenoxy) is 2. The largest absolute Gasteiger partial charge is 0.497 e. The van der Waals surface area contributed by atoms with Gasteiger partial charge in [0.15, 0.2) is 0 Å². The van der Waals surface area contributed by atoms with Crippen molar-refractivity contribution in [1.82, 2.24) is 10.2 Å². The fourth-order valence-corrected chi connectivity index (χ4v) is 7.82. The minimum absolute atomic E-state index is 0.118. The van der Waals surface area contributed by atoms with Crippen molar-refractivity contribution in [3.63, 3.8) is 0 Å². The minimum atomic E-state index is -1.02. The van der Waals surface area contributed by atoms with E-state index in [4.69, 9.17) is 9.47 Å². The lowest BCUT2D eigenvalue weighted by molar-refractivity contribution is 0.0985. The van der Waals surface area contributed by atoms with Gasteiger partial charge in [-0.05, 0) is 70.2 Å². The van der Waals surface area contributed by atoms with Gasteiger partial charge in [0.1, 0.15) is 27.8 Å². The molecular formula is C37H37N5O3S. The Morgan fingerprint density at radius 3 is 1.91 bits per heavy atom. The topological polar surface area (TPSA) is 71.0 Å². The van der Waals surface area contributed by atoms with Crippen molar-refractivity contribution >= 4 is 33.8 Å². The molecule has 0 bridgehead atoms. The number of carbonyl (C=O) groups is 1. The molecule has 234 valence electrons. The Hall–Kier alpha value is -4.89. The average Bonchev–Trinajstić information content (AvgIpc) is 3.67. The summed E-state index contributed by atoms with van der Waals surface area (Å²) in [5, 5.41) is 10.5. The summed E-state index contributed by atoms with van der Waals surface area (Å²) in [5.74, 6) is 2.10. The molecule has 0 saturated heterocycles. The molecule has 0 fully saturated rings. The van der Waals surface area contributed by atoms with Crippen molar-refractivity contribution in [3.8, 4) is 27.8 Å². The van der Waals surface area contributed by atoms with Crippen LogP contribution in [0.3, 0.4) is 0 Å². The SMILES string of the molecule is CCN(CC)c1ccc2c(c1)Oc1cc(N(CC)CC)ccc1C21c2ccccc2C(=O)N1c1nnc(-c2ccc(OC)cc2)s1. The first kappa shape index (κ1) is 29.8. The summed E-state index contributed by atoms with van der Waals surface area (Å²) in [6, 6.07) is 28.4. The number of benzene rings is 4. The van der Waals surface area contributed by atoms with Gasteiger partial charge < -0.3 is 19.3 Å². The van der Waals surface area contributed by atoms with E-state index in [0.717, 1.165) is 82.1 Å². The molecule has 2 aliphatic heterocycles. The van der Waals surface area contributed by atoms with Crippen molar-refractivity contribution in [3.05, 3.63) is 107 Å². The van der Waals surface area contributed by atoms with Crippen LogP contribution < -0.4 is 24.2 Å². The fourth-order valence-electron chi connectivity index (χ4n) is 6.92. The number of aromatic nitrogens is 2. The standard InChI is InChI=1S/C37H37N5O3S/c1-6-40(7-2)25-16-20-30-32(22-25)45-33-23-26(41(8-3)9-4)17-21-31(33)37(30)29-13-11-10-12-28(29)35(43)42(37)36-39-38-34(46-36)24-14-18-27(44-5)19-15-24/h10-23H,6-9H2,1-5H3. The number of hydrogen-bond acceptors (Lipinski definition) is 8. The first-order valence-corrected chi connectivity index (χ1v) is 16.7. The van der Waals surface area contributed by atoms with Gasteiger partial charge in [0, 0.05) is 77.5 Å². The van der Waals surface area contributed by atoms with Crippen LogP contribution in [0.25, 0.3) is 10.6 Å². The molecule has 0 unspecified atom stereocenters. The van der Waals surface area contributed by atoms with Crippen LogP contribution in [0.4, 0.5) is 16.5 Å². The number of fused-ring (bicyclic) bond motifs is 6. The number of rotatable bonds is 9. The van der Waals surface area contributed by atoms with Gasteiger partial charge in [-0.25, -0.2) is 0 Å². The molecule has 1 aromatic heterocycles. The van der Waals surface area contributed by atoms with E-state index in [1.807, 2.05) is 47.4 Å². The summed E-state index contributed by atoms with van der Waals surface area (Å²) < 4.78 is 12.2. The molecule has 0 N–H and O–H groups in total. The van der Waals surface area contributed by atoms with Crippen molar-refractivity contribution < 1.29 is 14.3 Å². The predicted octanol–water partition coefficient (Wildman–Crippen LogP) is 7.96. The molecule has 0 aliphatic carbocycles. The number of amides is 1. The van der Waals surface area contributed by atoms with E-state index in [0.29, 0.717) is 10.7 Å². The van der Waals surface area contributed by atoms with E-state index in [1.165, 1.54) is 11.3 Å². The molecule has 8 nitrogen and oxygen atoms in total. The van der Waals surface area contributed by atoms with Gasteiger partial charge in [-0.2, -0.15) is 0 Å². The van der Waals surface area contributed by atoms with Gasteiger partial charge in [0.25, 0.3) is 5.91 Å². The number of nitrogens with zero attached hydrogens (tertiary/aromatic N) is 5. The zero-order valence-electron chi connectivity index (χ0n) is 26.8. The second kappa shape index (κ2) is 11.8. The molecule has 3 heterocycles. The van der Waals surface area contributed by atoms with Crippen LogP contribution in [-0.4, -0.2) is 49.4 Å². The lowest BCUT2D eigenvalue weighted by Crippen LogP contribution is -2.47. The number of hydrogen-bond donors (Lipinski definition) is 0. The highest BCUT2D eigenvalue weighted by atomic mass is 32.1. The second-order valence-electron chi connectivity index (χ2n) is 11.3. The maximum absolute atomic E-state index is 14.6. The van der Waals surface area contributed by atoms with Crippen molar-refractivity contribution in [1.29, 1.82) is 0 Å². The first-order valence-electron chi connectivity index (χ1n) is 15.9. The van der Waals surface area contributed by atoms with Gasteiger partial charge >= 0.3 is 0 Å². The molecule has 5 aromatic rings. The first-order chi connectivity index (χ1) is 22.5. The van der Waals surface area contributed by atoms with Crippen LogP contribution in [-0.2, 0) is 5.54 Å². The summed E-state index contributed by atoms with van der Waals surface area (Å²) in [4.78, 5) is 21.1. The normalized spacial score (nSPS) is 14.0. The van der Waals surface area contributed by atoms with E-state index in [-0.39, 0.29) is 5.91 Å². The molecule has 4 aromatic carbocycles. The Morgan fingerprint density at radius 2 is 1.35 bits per heavy atom. The molecular weight excluding hydrogens is 595 g/mol. The maximum atomic E-state index is 14.6. The third-order valence-corrected chi connectivity index (χ3v) is 10.2. The van der Waals surface area contributed by atoms with Crippen LogP contribution >= 0.6 is 11.3 Å². The van der Waals surface area contributed by atoms with E-state index >= 15 is 0 Å². The predicted molar refractivity (Wildman–Crippen MR) is 185 cm³/mol. The molecule has 2 aliphatic rings. The van der Waals surface area contributed by atoms with Gasteiger partial charge in [-0.3, -0.25) is 9.69 Å². The summed E-state index contributed by atoms with van der Waals surface area (Å²) >= 11 is 1.40. The van der Waals surface area contributed by atoms with Gasteiger partial charge in [0.2, 0.25) is 5.13 Å². The second-order valence-corrected chi connectivity index (χ2v) is 12.3. The smallest absolute Gasteiger partial charge is 0.261 e. The molecule has 1 amide bonds. The van der Waals surface area contributed by atoms with Gasteiger partial charge in [0.05, 0.1) is 7.11 Å². The summed E-state index contributed by atoms with van der Waals surface area (Å²) in [5.41, 5.74) is 5.37. The quantitative estimate of drug-likeness (QED) is 0.163. The Kier molecular flexibility index (Phi) is 7.64. The zero-order valence-corrected chi connectivity index (χ0v) is 27.6. The van der Waals surface area contributed by atoms with Gasteiger partial charge in [-0.15, -0.1) is 10.2 Å². The van der Waals surface area contributed by atoms with Crippen LogP contribution in [0.1, 0.15) is 54.7 Å². The third kappa shape index (κ3) is 4.44. The van der Waals surface area contributed by atoms with Crippen LogP contribution in [0.2, 0.25) is 0 Å². The molecule has 0 atom stereocenters. The maximum Gasteiger partial charge on any atom is 0.261 e. The molecule has 7 rings (SSSR count). The summed E-state index contributed by atoms with van der Waals surface area (Å²) in [6.45, 7) is 12.1. The van der Waals surface area contributed by atoms with Crippen LogP contribution in [0.5, 0.6) is 17.2 Å². The monoisotopic (exact) mass is 631 g/mol. The summed E-state index contributed by atoms with van der Waals surface area (Å²) in [7, 11) is 1.65. The van der Waals surface area contributed by atoms with E-state index < -0.39 is 5.54 Å². The Morgan fingerprint density at radius 1 is 0.761 bits per heavy atom. The third-order valence-electron chi connectivity index (χ3n) is 9.22. The molecule has 46 heavy (non-hydrogen) atoms. The number of anilines is 3. The Labute approximate surface area is 273 Å². The van der Waals surface area contributed by atoms with Crippen LogP contribution in [0, 0.1) is 0 Å². The van der Waals surface area contributed by atoms with Crippen molar-refractivity contribution in [2.75, 3.05) is 48.0 Å². The highest BCUT2D eigenvalue weighted by Gasteiger charge is 2.58. The number of carbonyl (C=O) groups excluding carboxylic acids is 1. The van der Waals surface area contributed by atoms with E-state index in [9.17, 15) is 4.79 Å². The average molecular weight is 632 g/mol. The molecule has 0 radical (unpaired) electrons. The Bertz CT molecular complexity index is 1850. The lowest BCUT2D eigenvalue weighted by Gasteiger charge is -2.43. The molecule has 0 saturated carbocycles. The Balaban J connectivity index is 1.49. The lowest BCUT2D eigenvalue weighted by atomic mass is 9.74. The summed E-state index contributed by atoms with van der Waals surface area (Å²) in [6.07, 6.45) is 0. The zero-order chi connectivity index (χ0) is 32.0. The van der Waals surface area contributed by atoms with Gasteiger partial charge in [-0.1, -0.05) is 41.7 Å². The van der Waals surface area contributed by atoms with Crippen molar-refractivity contribution in [2.45, 2.75) is 33.2 Å². The highest BCUT2D eigenvalue weighted by Crippen LogP contribution is 2.59. The van der Waals surface area contributed by atoms with E-state index in [2.05, 4.69) is 90.2 Å². The fraction of sp³-hybridized carbons (Fsp3) is 0.270. The molecule has 1 spiro atoms. The van der Waals surface area contributed by atoms with Crippen molar-refractivity contribution in [2.24, 2.45) is 0 Å². The number of methoxy groups -OCH3 is 1. The van der Waals surface area contributed by atoms with Crippen LogP contribution in [0.15, 0.2) is 84.9 Å². The van der Waals surface area contributed by atoms with E-state index in [1.54, 1.807) is 7.11 Å². The molecule has 9 heteroatoms. The highest BCUT2D eigenvalue weighted by molar-refractivity contribution is 7.18.